The number of likely N-dealkylation sites (tertiary alicyclic amines) is 1. The van der Waals surface area contributed by atoms with E-state index < -0.39 is 6.36 Å². The van der Waals surface area contributed by atoms with Crippen LogP contribution in [0.4, 0.5) is 18.9 Å². The number of piperidine rings is 1. The Kier molecular flexibility index (Phi) is 5.56. The second kappa shape index (κ2) is 7.48. The van der Waals surface area contributed by atoms with Crippen molar-refractivity contribution in [1.29, 1.82) is 0 Å². The average molecular weight is 398 g/mol. The third-order valence-corrected chi connectivity index (χ3v) is 5.73. The minimum absolute atomic E-state index is 0.00162. The number of benzene rings is 1. The van der Waals surface area contributed by atoms with Gasteiger partial charge in [-0.1, -0.05) is 20.8 Å². The van der Waals surface area contributed by atoms with E-state index in [2.05, 4.69) is 30.4 Å². The van der Waals surface area contributed by atoms with Crippen molar-refractivity contribution < 1.29 is 22.7 Å². The lowest BCUT2D eigenvalue weighted by atomic mass is 9.77. The third kappa shape index (κ3) is 5.32. The van der Waals surface area contributed by atoms with E-state index in [0.29, 0.717) is 6.42 Å². The van der Waals surface area contributed by atoms with Crippen LogP contribution in [0.1, 0.15) is 46.5 Å². The number of ether oxygens (including phenoxy) is 1. The van der Waals surface area contributed by atoms with E-state index in [4.69, 9.17) is 0 Å². The fraction of sp³-hybridized carbons (Fsp3) is 0.667. The molecule has 0 saturated carbocycles. The van der Waals surface area contributed by atoms with Gasteiger partial charge in [0.05, 0.1) is 0 Å². The van der Waals surface area contributed by atoms with Crippen molar-refractivity contribution in [3.05, 3.63) is 24.3 Å². The lowest BCUT2D eigenvalue weighted by Crippen LogP contribution is -2.45. The number of hydrogen-bond acceptors (Lipinski definition) is 3. The molecule has 156 valence electrons. The summed E-state index contributed by atoms with van der Waals surface area (Å²) >= 11 is 0. The van der Waals surface area contributed by atoms with Gasteiger partial charge in [-0.15, -0.1) is 13.2 Å². The molecule has 2 saturated heterocycles. The summed E-state index contributed by atoms with van der Waals surface area (Å²) in [5, 5.41) is 0. The summed E-state index contributed by atoms with van der Waals surface area (Å²) in [6, 6.07) is 6.09. The molecule has 0 unspecified atom stereocenters. The zero-order chi connectivity index (χ0) is 20.6. The van der Waals surface area contributed by atoms with Crippen molar-refractivity contribution >= 4 is 11.6 Å². The second-order valence-corrected chi connectivity index (χ2v) is 9.33. The highest BCUT2D eigenvalue weighted by Crippen LogP contribution is 2.42. The van der Waals surface area contributed by atoms with E-state index in [0.717, 1.165) is 51.1 Å². The van der Waals surface area contributed by atoms with Gasteiger partial charge in [-0.05, 0) is 54.4 Å². The van der Waals surface area contributed by atoms with Crippen LogP contribution in [-0.4, -0.2) is 43.3 Å². The maximum absolute atomic E-state index is 12.5. The van der Waals surface area contributed by atoms with E-state index in [9.17, 15) is 18.0 Å². The molecule has 0 aliphatic carbocycles. The number of alkyl halides is 3. The molecule has 2 aliphatic rings. The van der Waals surface area contributed by atoms with Crippen LogP contribution in [0.2, 0.25) is 0 Å². The Morgan fingerprint density at radius 2 is 1.61 bits per heavy atom. The number of hydrogen-bond donors (Lipinski definition) is 0. The molecule has 0 radical (unpaired) electrons. The van der Waals surface area contributed by atoms with Crippen LogP contribution in [-0.2, 0) is 4.79 Å². The average Bonchev–Trinajstić information content (AvgIpc) is 2.97. The zero-order valence-electron chi connectivity index (χ0n) is 16.8. The molecule has 28 heavy (non-hydrogen) atoms. The normalized spacial score (nSPS) is 19.9. The molecule has 1 aromatic carbocycles. The Morgan fingerprint density at radius 3 is 2.14 bits per heavy atom. The Hall–Kier alpha value is -1.92. The first-order valence-corrected chi connectivity index (χ1v) is 9.83. The Labute approximate surface area is 164 Å². The molecule has 0 aromatic heterocycles. The van der Waals surface area contributed by atoms with Gasteiger partial charge >= 0.3 is 6.36 Å². The predicted octanol–water partition coefficient (Wildman–Crippen LogP) is 4.84. The first-order chi connectivity index (χ1) is 12.9. The molecule has 0 atom stereocenters. The molecule has 2 fully saturated rings. The van der Waals surface area contributed by atoms with Gasteiger partial charge in [0.25, 0.3) is 0 Å². The van der Waals surface area contributed by atoms with E-state index in [1.807, 2.05) is 4.90 Å². The maximum atomic E-state index is 12.5. The van der Waals surface area contributed by atoms with Crippen molar-refractivity contribution in [3.63, 3.8) is 0 Å². The Morgan fingerprint density at radius 1 is 1.04 bits per heavy atom. The van der Waals surface area contributed by atoms with Crippen LogP contribution in [0.25, 0.3) is 0 Å². The van der Waals surface area contributed by atoms with E-state index >= 15 is 0 Å². The highest BCUT2D eigenvalue weighted by Gasteiger charge is 2.41. The van der Waals surface area contributed by atoms with Gasteiger partial charge in [-0.3, -0.25) is 4.79 Å². The molecule has 3 rings (SSSR count). The van der Waals surface area contributed by atoms with Crippen molar-refractivity contribution in [3.8, 4) is 5.75 Å². The molecule has 2 aliphatic heterocycles. The summed E-state index contributed by atoms with van der Waals surface area (Å²) in [5.41, 5.74) is 1.11. The molecular weight excluding hydrogens is 369 g/mol. The largest absolute Gasteiger partial charge is 0.573 e. The highest BCUT2D eigenvalue weighted by molar-refractivity contribution is 5.77. The van der Waals surface area contributed by atoms with Gasteiger partial charge in [0.1, 0.15) is 5.75 Å². The summed E-state index contributed by atoms with van der Waals surface area (Å²) in [7, 11) is 0. The fourth-order valence-electron chi connectivity index (χ4n) is 4.22. The topological polar surface area (TPSA) is 32.8 Å². The molecule has 1 amide bonds. The summed E-state index contributed by atoms with van der Waals surface area (Å²) in [5.74, 6) is 0.0354. The number of carbonyl (C=O) groups is 1. The first kappa shape index (κ1) is 20.8. The third-order valence-electron chi connectivity index (χ3n) is 5.73. The molecule has 2 heterocycles. The number of halogens is 3. The monoisotopic (exact) mass is 398 g/mol. The smallest absolute Gasteiger partial charge is 0.406 e. The maximum Gasteiger partial charge on any atom is 0.573 e. The van der Waals surface area contributed by atoms with E-state index in [1.54, 1.807) is 12.1 Å². The van der Waals surface area contributed by atoms with Crippen LogP contribution in [0.5, 0.6) is 5.75 Å². The van der Waals surface area contributed by atoms with Crippen molar-refractivity contribution in [2.24, 2.45) is 10.8 Å². The van der Waals surface area contributed by atoms with Gasteiger partial charge in [-0.2, -0.15) is 0 Å². The quantitative estimate of drug-likeness (QED) is 0.730. The highest BCUT2D eigenvalue weighted by atomic mass is 19.4. The number of anilines is 1. The first-order valence-electron chi connectivity index (χ1n) is 9.83. The van der Waals surface area contributed by atoms with E-state index in [1.165, 1.54) is 12.1 Å². The fourth-order valence-corrected chi connectivity index (χ4v) is 4.22. The lowest BCUT2D eigenvalue weighted by molar-refractivity contribution is -0.274. The van der Waals surface area contributed by atoms with Gasteiger partial charge < -0.3 is 14.5 Å². The lowest BCUT2D eigenvalue weighted by Gasteiger charge is -2.40. The number of amides is 1. The summed E-state index contributed by atoms with van der Waals surface area (Å²) < 4.78 is 40.8. The minimum atomic E-state index is -4.67. The summed E-state index contributed by atoms with van der Waals surface area (Å²) in [6.45, 7) is 9.59. The Balaban J connectivity index is 1.55. The number of nitrogens with zero attached hydrogens (tertiary/aromatic N) is 2. The van der Waals surface area contributed by atoms with E-state index in [-0.39, 0.29) is 22.5 Å². The predicted molar refractivity (Wildman–Crippen MR) is 102 cm³/mol. The molecule has 0 bridgehead atoms. The standard InChI is InChI=1S/C21H29F3N2O2/c1-19(2,3)14-18(27)25-11-8-20(9-12-25)10-13-26(15-20)16-4-6-17(7-5-16)28-21(22,23)24/h4-7H,8-15H2,1-3H3. The van der Waals surface area contributed by atoms with Crippen LogP contribution in [0.3, 0.4) is 0 Å². The molecule has 1 aromatic rings. The van der Waals surface area contributed by atoms with Crippen LogP contribution < -0.4 is 9.64 Å². The minimum Gasteiger partial charge on any atom is -0.406 e. The molecular formula is C21H29F3N2O2. The van der Waals surface area contributed by atoms with Gasteiger partial charge in [0.15, 0.2) is 0 Å². The zero-order valence-corrected chi connectivity index (χ0v) is 16.8. The van der Waals surface area contributed by atoms with Gasteiger partial charge in [0.2, 0.25) is 5.91 Å². The van der Waals surface area contributed by atoms with Crippen LogP contribution in [0.15, 0.2) is 24.3 Å². The molecule has 4 nitrogen and oxygen atoms in total. The second-order valence-electron chi connectivity index (χ2n) is 9.33. The van der Waals surface area contributed by atoms with Gasteiger partial charge in [0, 0.05) is 38.3 Å². The summed E-state index contributed by atoms with van der Waals surface area (Å²) in [4.78, 5) is 16.7. The Bertz CT molecular complexity index is 687. The molecule has 7 heteroatoms. The number of rotatable bonds is 3. The van der Waals surface area contributed by atoms with Crippen molar-refractivity contribution in [2.45, 2.75) is 52.8 Å². The van der Waals surface area contributed by atoms with Crippen molar-refractivity contribution in [1.82, 2.24) is 4.90 Å². The molecule has 0 N–H and O–H groups in total. The SMILES string of the molecule is CC(C)(C)CC(=O)N1CCC2(CC1)CCN(c1ccc(OC(F)(F)F)cc1)C2. The van der Waals surface area contributed by atoms with Crippen molar-refractivity contribution in [2.75, 3.05) is 31.1 Å². The number of carbonyl (C=O) groups excluding carboxylic acids is 1. The molecule has 1 spiro atoms. The van der Waals surface area contributed by atoms with Gasteiger partial charge in [-0.25, -0.2) is 0 Å². The summed E-state index contributed by atoms with van der Waals surface area (Å²) in [6.07, 6.45) is -1.09. The van der Waals surface area contributed by atoms with Crippen LogP contribution in [0, 0.1) is 10.8 Å². The van der Waals surface area contributed by atoms with Crippen LogP contribution >= 0.6 is 0 Å².